The van der Waals surface area contributed by atoms with E-state index in [1.54, 1.807) is 18.2 Å². The van der Waals surface area contributed by atoms with Gasteiger partial charge in [0.2, 0.25) is 0 Å². The van der Waals surface area contributed by atoms with Crippen molar-refractivity contribution in [3.05, 3.63) is 71.5 Å². The number of hydrogen-bond donors (Lipinski definition) is 1. The molecule has 19 heavy (non-hydrogen) atoms. The van der Waals surface area contributed by atoms with E-state index >= 15 is 0 Å². The van der Waals surface area contributed by atoms with Gasteiger partial charge >= 0.3 is 0 Å². The molecule has 0 amide bonds. The van der Waals surface area contributed by atoms with E-state index in [9.17, 15) is 9.50 Å². The number of likely N-dealkylation sites (N-methyl/N-ethyl adjacent to an activating group) is 1. The molecule has 1 unspecified atom stereocenters. The van der Waals surface area contributed by atoms with Crippen LogP contribution in [0.2, 0.25) is 0 Å². The summed E-state index contributed by atoms with van der Waals surface area (Å²) in [7, 11) is 1.91. The molecule has 2 aromatic carbocycles. The van der Waals surface area contributed by atoms with Gasteiger partial charge in [-0.2, -0.15) is 0 Å². The first-order valence-electron chi connectivity index (χ1n) is 6.32. The Labute approximate surface area is 113 Å². The predicted octanol–water partition coefficient (Wildman–Crippen LogP) is 2.99. The lowest BCUT2D eigenvalue weighted by molar-refractivity contribution is 0.120. The van der Waals surface area contributed by atoms with Crippen LogP contribution in [0.15, 0.2) is 54.6 Å². The first-order valence-corrected chi connectivity index (χ1v) is 6.32. The number of nitrogens with zero attached hydrogens (tertiary/aromatic N) is 1. The van der Waals surface area contributed by atoms with Crippen molar-refractivity contribution in [3.8, 4) is 0 Å². The van der Waals surface area contributed by atoms with Crippen molar-refractivity contribution >= 4 is 0 Å². The van der Waals surface area contributed by atoms with E-state index in [4.69, 9.17) is 0 Å². The standard InChI is InChI=1S/C16H18FNO/c1-18(11-13-7-3-2-4-8-13)12-16(19)14-9-5-6-10-15(14)17/h2-10,16,19H,11-12H2,1H3. The number of halogens is 1. The zero-order valence-electron chi connectivity index (χ0n) is 11.0. The number of hydrogen-bond acceptors (Lipinski definition) is 2. The minimum atomic E-state index is -0.810. The van der Waals surface area contributed by atoms with Gasteiger partial charge in [-0.15, -0.1) is 0 Å². The van der Waals surface area contributed by atoms with Crippen molar-refractivity contribution < 1.29 is 9.50 Å². The van der Waals surface area contributed by atoms with Gasteiger partial charge in [-0.05, 0) is 18.7 Å². The largest absolute Gasteiger partial charge is 0.387 e. The summed E-state index contributed by atoms with van der Waals surface area (Å²) in [4.78, 5) is 1.98. The Morgan fingerprint density at radius 3 is 2.37 bits per heavy atom. The van der Waals surface area contributed by atoms with E-state index in [1.165, 1.54) is 11.6 Å². The highest BCUT2D eigenvalue weighted by atomic mass is 19.1. The highest BCUT2D eigenvalue weighted by molar-refractivity contribution is 5.20. The smallest absolute Gasteiger partial charge is 0.129 e. The van der Waals surface area contributed by atoms with E-state index in [0.717, 1.165) is 6.54 Å². The summed E-state index contributed by atoms with van der Waals surface area (Å²) in [5, 5.41) is 10.1. The molecule has 3 heteroatoms. The van der Waals surface area contributed by atoms with E-state index < -0.39 is 6.10 Å². The normalized spacial score (nSPS) is 12.6. The molecule has 0 fully saturated rings. The van der Waals surface area contributed by atoms with Crippen molar-refractivity contribution in [1.82, 2.24) is 4.90 Å². The van der Waals surface area contributed by atoms with E-state index in [-0.39, 0.29) is 5.82 Å². The van der Waals surface area contributed by atoms with E-state index in [2.05, 4.69) is 0 Å². The second-order valence-corrected chi connectivity index (χ2v) is 4.72. The Kier molecular flexibility index (Phi) is 4.66. The van der Waals surface area contributed by atoms with Gasteiger partial charge in [0, 0.05) is 18.7 Å². The van der Waals surface area contributed by atoms with Crippen LogP contribution in [0.25, 0.3) is 0 Å². The Hall–Kier alpha value is -1.71. The van der Waals surface area contributed by atoms with E-state index in [0.29, 0.717) is 12.1 Å². The molecule has 1 N–H and O–H groups in total. The average molecular weight is 259 g/mol. The van der Waals surface area contributed by atoms with Gasteiger partial charge in [-0.25, -0.2) is 4.39 Å². The Bertz CT molecular complexity index is 515. The molecule has 0 aliphatic carbocycles. The summed E-state index contributed by atoms with van der Waals surface area (Å²) in [6.07, 6.45) is -0.810. The molecule has 2 aromatic rings. The molecule has 0 aliphatic heterocycles. The maximum atomic E-state index is 13.5. The van der Waals surface area contributed by atoms with Gasteiger partial charge in [0.05, 0.1) is 6.10 Å². The fraction of sp³-hybridized carbons (Fsp3) is 0.250. The van der Waals surface area contributed by atoms with Crippen molar-refractivity contribution in [3.63, 3.8) is 0 Å². The third-order valence-corrected chi connectivity index (χ3v) is 3.04. The molecule has 2 rings (SSSR count). The first kappa shape index (κ1) is 13.7. The summed E-state index contributed by atoms with van der Waals surface area (Å²) in [5.41, 5.74) is 1.52. The summed E-state index contributed by atoms with van der Waals surface area (Å²) in [5.74, 6) is -0.358. The second-order valence-electron chi connectivity index (χ2n) is 4.72. The zero-order chi connectivity index (χ0) is 13.7. The average Bonchev–Trinajstić information content (AvgIpc) is 2.40. The molecular formula is C16H18FNO. The summed E-state index contributed by atoms with van der Waals surface area (Å²) in [6.45, 7) is 1.13. The zero-order valence-corrected chi connectivity index (χ0v) is 11.0. The van der Waals surface area contributed by atoms with E-state index in [1.807, 2.05) is 42.3 Å². The summed E-state index contributed by atoms with van der Waals surface area (Å²) < 4.78 is 13.5. The molecule has 1 atom stereocenters. The molecule has 0 aliphatic rings. The lowest BCUT2D eigenvalue weighted by atomic mass is 10.1. The van der Waals surface area contributed by atoms with Crippen LogP contribution in [0.3, 0.4) is 0 Å². The fourth-order valence-electron chi connectivity index (χ4n) is 2.10. The van der Waals surface area contributed by atoms with Crippen LogP contribution in [0.5, 0.6) is 0 Å². The van der Waals surface area contributed by atoms with Crippen LogP contribution in [0.1, 0.15) is 17.2 Å². The number of aliphatic hydroxyl groups excluding tert-OH is 1. The van der Waals surface area contributed by atoms with Crippen LogP contribution in [-0.4, -0.2) is 23.6 Å². The SMILES string of the molecule is CN(Cc1ccccc1)CC(O)c1ccccc1F. The van der Waals surface area contributed by atoms with Crippen molar-refractivity contribution in [2.24, 2.45) is 0 Å². The third kappa shape index (κ3) is 3.88. The number of aliphatic hydroxyl groups is 1. The fourth-order valence-corrected chi connectivity index (χ4v) is 2.10. The van der Waals surface area contributed by atoms with Gasteiger partial charge < -0.3 is 5.11 Å². The number of benzene rings is 2. The molecule has 2 nitrogen and oxygen atoms in total. The quantitative estimate of drug-likeness (QED) is 0.892. The highest BCUT2D eigenvalue weighted by Gasteiger charge is 2.14. The highest BCUT2D eigenvalue weighted by Crippen LogP contribution is 2.18. The molecular weight excluding hydrogens is 241 g/mol. The molecule has 0 spiro atoms. The molecule has 100 valence electrons. The molecule has 0 bridgehead atoms. The second kappa shape index (κ2) is 6.45. The van der Waals surface area contributed by atoms with Gasteiger partial charge in [-0.3, -0.25) is 4.90 Å². The van der Waals surface area contributed by atoms with Gasteiger partial charge in [-0.1, -0.05) is 48.5 Å². The Morgan fingerprint density at radius 1 is 1.05 bits per heavy atom. The maximum absolute atomic E-state index is 13.5. The van der Waals surface area contributed by atoms with Crippen LogP contribution in [0.4, 0.5) is 4.39 Å². The Morgan fingerprint density at radius 2 is 1.68 bits per heavy atom. The molecule has 0 heterocycles. The van der Waals surface area contributed by atoms with Crippen LogP contribution in [-0.2, 0) is 6.54 Å². The van der Waals surface area contributed by atoms with Crippen LogP contribution >= 0.6 is 0 Å². The monoisotopic (exact) mass is 259 g/mol. The molecule has 0 aromatic heterocycles. The lowest BCUT2D eigenvalue weighted by Crippen LogP contribution is -2.24. The summed E-state index contributed by atoms with van der Waals surface area (Å²) >= 11 is 0. The van der Waals surface area contributed by atoms with Gasteiger partial charge in [0.1, 0.15) is 5.82 Å². The van der Waals surface area contributed by atoms with Crippen molar-refractivity contribution in [2.75, 3.05) is 13.6 Å². The van der Waals surface area contributed by atoms with Gasteiger partial charge in [0.25, 0.3) is 0 Å². The Balaban J connectivity index is 1.96. The number of rotatable bonds is 5. The third-order valence-electron chi connectivity index (χ3n) is 3.04. The summed E-state index contributed by atoms with van der Waals surface area (Å²) in [6, 6.07) is 16.4. The minimum Gasteiger partial charge on any atom is -0.387 e. The van der Waals surface area contributed by atoms with Crippen LogP contribution < -0.4 is 0 Å². The topological polar surface area (TPSA) is 23.5 Å². The molecule has 0 radical (unpaired) electrons. The van der Waals surface area contributed by atoms with Crippen molar-refractivity contribution in [1.29, 1.82) is 0 Å². The molecule has 0 saturated heterocycles. The maximum Gasteiger partial charge on any atom is 0.129 e. The first-order chi connectivity index (χ1) is 9.16. The predicted molar refractivity (Wildman–Crippen MR) is 74.1 cm³/mol. The van der Waals surface area contributed by atoms with Crippen molar-refractivity contribution in [2.45, 2.75) is 12.6 Å². The van der Waals surface area contributed by atoms with Crippen LogP contribution in [0, 0.1) is 5.82 Å². The lowest BCUT2D eigenvalue weighted by Gasteiger charge is -2.21. The minimum absolute atomic E-state index is 0.349. The molecule has 0 saturated carbocycles. The van der Waals surface area contributed by atoms with Gasteiger partial charge in [0.15, 0.2) is 0 Å².